The van der Waals surface area contributed by atoms with E-state index in [0.29, 0.717) is 25.2 Å². The molecule has 0 radical (unpaired) electrons. The van der Waals surface area contributed by atoms with Crippen LogP contribution in [-0.2, 0) is 28.3 Å². The van der Waals surface area contributed by atoms with E-state index < -0.39 is 10.0 Å². The van der Waals surface area contributed by atoms with Crippen LogP contribution in [0, 0.1) is 13.8 Å². The summed E-state index contributed by atoms with van der Waals surface area (Å²) in [5, 5.41) is 7.25. The van der Waals surface area contributed by atoms with Gasteiger partial charge >= 0.3 is 0 Å². The van der Waals surface area contributed by atoms with Crippen molar-refractivity contribution in [3.63, 3.8) is 0 Å². The second kappa shape index (κ2) is 9.07. The minimum atomic E-state index is -3.71. The van der Waals surface area contributed by atoms with E-state index in [0.717, 1.165) is 17.0 Å². The third-order valence-corrected chi connectivity index (χ3v) is 7.33. The summed E-state index contributed by atoms with van der Waals surface area (Å²) in [6.45, 7) is 8.11. The van der Waals surface area contributed by atoms with Crippen molar-refractivity contribution < 1.29 is 13.2 Å². The fourth-order valence-electron chi connectivity index (χ4n) is 3.12. The molecule has 1 heterocycles. The van der Waals surface area contributed by atoms with Crippen LogP contribution < -0.4 is 5.32 Å². The molecule has 0 aliphatic carbocycles. The molecule has 9 heteroatoms. The van der Waals surface area contributed by atoms with Crippen molar-refractivity contribution in [2.75, 3.05) is 18.4 Å². The molecule has 1 aromatic heterocycles. The minimum absolute atomic E-state index is 0.00499. The predicted molar refractivity (Wildman–Crippen MR) is 111 cm³/mol. The molecule has 28 heavy (non-hydrogen) atoms. The Morgan fingerprint density at radius 1 is 1.25 bits per heavy atom. The number of halogens is 1. The number of nitrogens with zero attached hydrogens (tertiary/aromatic N) is 3. The third kappa shape index (κ3) is 4.74. The molecule has 0 unspecified atom stereocenters. The van der Waals surface area contributed by atoms with E-state index in [-0.39, 0.29) is 22.2 Å². The van der Waals surface area contributed by atoms with Gasteiger partial charge in [0, 0.05) is 37.9 Å². The molecular formula is C19H27ClN4O3S. The number of rotatable bonds is 8. The van der Waals surface area contributed by atoms with Gasteiger partial charge in [-0.2, -0.15) is 9.40 Å². The van der Waals surface area contributed by atoms with Gasteiger partial charge in [0.2, 0.25) is 15.9 Å². The molecule has 0 aliphatic heterocycles. The lowest BCUT2D eigenvalue weighted by Crippen LogP contribution is -2.30. The van der Waals surface area contributed by atoms with Crippen LogP contribution in [-0.4, -0.2) is 41.5 Å². The van der Waals surface area contributed by atoms with Gasteiger partial charge in [0.05, 0.1) is 10.7 Å². The number of amides is 1. The summed E-state index contributed by atoms with van der Waals surface area (Å²) >= 11 is 6.13. The Balaban J connectivity index is 2.15. The van der Waals surface area contributed by atoms with Gasteiger partial charge in [-0.3, -0.25) is 9.48 Å². The van der Waals surface area contributed by atoms with Crippen LogP contribution in [0.1, 0.15) is 37.2 Å². The second-order valence-electron chi connectivity index (χ2n) is 6.56. The Morgan fingerprint density at radius 3 is 2.43 bits per heavy atom. The first-order valence-electron chi connectivity index (χ1n) is 9.20. The number of aromatic nitrogens is 2. The number of nitrogens with one attached hydrogen (secondary N) is 1. The molecule has 0 fully saturated rings. The lowest BCUT2D eigenvalue weighted by molar-refractivity contribution is -0.116. The van der Waals surface area contributed by atoms with Crippen molar-refractivity contribution in [1.82, 2.24) is 14.1 Å². The lowest BCUT2D eigenvalue weighted by atomic mass is 10.1. The molecule has 154 valence electrons. The standard InChI is InChI=1S/C19H27ClN4O3S/c1-6-24(7-2)28(26,27)18-12-15(8-10-17(18)20)21-19(25)11-9-16-13(3)22-23(5)14(16)4/h8,10,12H,6-7,9,11H2,1-5H3,(H,21,25). The van der Waals surface area contributed by atoms with Crippen molar-refractivity contribution in [3.05, 3.63) is 40.2 Å². The molecule has 0 saturated heterocycles. The van der Waals surface area contributed by atoms with Gasteiger partial charge in [0.1, 0.15) is 4.90 Å². The first-order chi connectivity index (χ1) is 13.1. The SMILES string of the molecule is CCN(CC)S(=O)(=O)c1cc(NC(=O)CCc2c(C)nn(C)c2C)ccc1Cl. The fraction of sp³-hybridized carbons (Fsp3) is 0.474. The number of benzene rings is 1. The first-order valence-corrected chi connectivity index (χ1v) is 11.0. The highest BCUT2D eigenvalue weighted by molar-refractivity contribution is 7.89. The number of aryl methyl sites for hydroxylation is 2. The van der Waals surface area contributed by atoms with Crippen molar-refractivity contribution >= 4 is 33.2 Å². The molecule has 2 rings (SSSR count). The Kier molecular flexibility index (Phi) is 7.25. The molecule has 2 aromatic rings. The smallest absolute Gasteiger partial charge is 0.244 e. The van der Waals surface area contributed by atoms with Crippen LogP contribution in [0.4, 0.5) is 5.69 Å². The largest absolute Gasteiger partial charge is 0.326 e. The number of carbonyl (C=O) groups is 1. The summed E-state index contributed by atoms with van der Waals surface area (Å²) in [7, 11) is -1.84. The topological polar surface area (TPSA) is 84.3 Å². The summed E-state index contributed by atoms with van der Waals surface area (Å²) < 4.78 is 28.6. The van der Waals surface area contributed by atoms with Crippen molar-refractivity contribution in [2.24, 2.45) is 7.05 Å². The van der Waals surface area contributed by atoms with Crippen LogP contribution in [0.5, 0.6) is 0 Å². The predicted octanol–water partition coefficient (Wildman–Crippen LogP) is 3.29. The van der Waals surface area contributed by atoms with Crippen LogP contribution in [0.15, 0.2) is 23.1 Å². The van der Waals surface area contributed by atoms with Crippen LogP contribution in [0.2, 0.25) is 5.02 Å². The average molecular weight is 427 g/mol. The van der Waals surface area contributed by atoms with Crippen LogP contribution >= 0.6 is 11.6 Å². The Labute approximate surface area is 171 Å². The molecule has 0 spiro atoms. The quantitative estimate of drug-likeness (QED) is 0.701. The first kappa shape index (κ1) is 22.4. The van der Waals surface area contributed by atoms with E-state index in [9.17, 15) is 13.2 Å². The molecule has 1 amide bonds. The molecule has 1 aromatic carbocycles. The zero-order chi connectivity index (χ0) is 21.1. The molecular weight excluding hydrogens is 400 g/mol. The summed E-state index contributed by atoms with van der Waals surface area (Å²) in [5.74, 6) is -0.198. The van der Waals surface area contributed by atoms with E-state index >= 15 is 0 Å². The van der Waals surface area contributed by atoms with Crippen LogP contribution in [0.3, 0.4) is 0 Å². The highest BCUT2D eigenvalue weighted by Crippen LogP contribution is 2.28. The second-order valence-corrected chi connectivity index (χ2v) is 8.87. The van der Waals surface area contributed by atoms with E-state index in [2.05, 4.69) is 10.4 Å². The number of hydrogen-bond donors (Lipinski definition) is 1. The number of sulfonamides is 1. The Morgan fingerprint density at radius 2 is 1.89 bits per heavy atom. The number of carbonyl (C=O) groups excluding carboxylic acids is 1. The van der Waals surface area contributed by atoms with E-state index in [1.165, 1.54) is 16.4 Å². The van der Waals surface area contributed by atoms with Gasteiger partial charge in [-0.15, -0.1) is 0 Å². The molecule has 7 nitrogen and oxygen atoms in total. The fourth-order valence-corrected chi connectivity index (χ4v) is 5.08. The van der Waals surface area contributed by atoms with Gasteiger partial charge in [-0.25, -0.2) is 8.42 Å². The van der Waals surface area contributed by atoms with E-state index in [1.807, 2.05) is 20.9 Å². The zero-order valence-corrected chi connectivity index (χ0v) is 18.5. The lowest BCUT2D eigenvalue weighted by Gasteiger charge is -2.19. The monoisotopic (exact) mass is 426 g/mol. The van der Waals surface area contributed by atoms with Crippen LogP contribution in [0.25, 0.3) is 0 Å². The summed E-state index contributed by atoms with van der Waals surface area (Å²) in [5.41, 5.74) is 3.40. The third-order valence-electron chi connectivity index (χ3n) is 4.80. The molecule has 0 atom stereocenters. The van der Waals surface area contributed by atoms with E-state index in [4.69, 9.17) is 11.6 Å². The highest BCUT2D eigenvalue weighted by Gasteiger charge is 2.25. The zero-order valence-electron chi connectivity index (χ0n) is 16.9. The van der Waals surface area contributed by atoms with Gasteiger partial charge in [-0.1, -0.05) is 25.4 Å². The van der Waals surface area contributed by atoms with Crippen molar-refractivity contribution in [2.45, 2.75) is 45.4 Å². The maximum atomic E-state index is 12.8. The maximum absolute atomic E-state index is 12.8. The maximum Gasteiger partial charge on any atom is 0.244 e. The normalized spacial score (nSPS) is 11.8. The molecule has 0 bridgehead atoms. The number of hydrogen-bond acceptors (Lipinski definition) is 4. The molecule has 1 N–H and O–H groups in total. The van der Waals surface area contributed by atoms with Gasteiger partial charge in [0.15, 0.2) is 0 Å². The van der Waals surface area contributed by atoms with Crippen molar-refractivity contribution in [3.8, 4) is 0 Å². The molecule has 0 aliphatic rings. The van der Waals surface area contributed by atoms with Crippen molar-refractivity contribution in [1.29, 1.82) is 0 Å². The van der Waals surface area contributed by atoms with Gasteiger partial charge in [-0.05, 0) is 44.0 Å². The van der Waals surface area contributed by atoms with Gasteiger partial charge in [0.25, 0.3) is 0 Å². The molecule has 0 saturated carbocycles. The summed E-state index contributed by atoms with van der Waals surface area (Å²) in [6.07, 6.45) is 0.837. The Hall–Kier alpha value is -1.90. The Bertz CT molecular complexity index is 966. The average Bonchev–Trinajstić information content (AvgIpc) is 2.87. The minimum Gasteiger partial charge on any atom is -0.326 e. The summed E-state index contributed by atoms with van der Waals surface area (Å²) in [4.78, 5) is 12.4. The van der Waals surface area contributed by atoms with E-state index in [1.54, 1.807) is 24.6 Å². The number of anilines is 1. The van der Waals surface area contributed by atoms with Gasteiger partial charge < -0.3 is 5.32 Å². The summed E-state index contributed by atoms with van der Waals surface area (Å²) in [6, 6.07) is 4.50. The highest BCUT2D eigenvalue weighted by atomic mass is 35.5.